The summed E-state index contributed by atoms with van der Waals surface area (Å²) in [7, 11) is 0. The molecule has 0 saturated carbocycles. The number of fused-ring (bicyclic) bond motifs is 1. The van der Waals surface area contributed by atoms with E-state index in [0.717, 1.165) is 43.0 Å². The molecule has 0 atom stereocenters. The third-order valence-corrected chi connectivity index (χ3v) is 3.30. The summed E-state index contributed by atoms with van der Waals surface area (Å²) in [5.41, 5.74) is 4.72. The normalized spacial score (nSPS) is 14.3. The molecule has 0 fully saturated rings. The van der Waals surface area contributed by atoms with Crippen LogP contribution < -0.4 is 5.32 Å². The third-order valence-electron chi connectivity index (χ3n) is 3.30. The van der Waals surface area contributed by atoms with Gasteiger partial charge < -0.3 is 5.32 Å². The summed E-state index contributed by atoms with van der Waals surface area (Å²) in [6.45, 7) is 4.03. The highest BCUT2D eigenvalue weighted by atomic mass is 15.0. The van der Waals surface area contributed by atoms with E-state index in [0.29, 0.717) is 0 Å². The minimum atomic E-state index is 0.816. The highest BCUT2D eigenvalue weighted by molar-refractivity contribution is 5.55. The van der Waals surface area contributed by atoms with E-state index in [4.69, 9.17) is 9.97 Å². The molecule has 0 unspecified atom stereocenters. The predicted octanol–water partition coefficient (Wildman–Crippen LogP) is 1.75. The van der Waals surface area contributed by atoms with Crippen LogP contribution in [-0.4, -0.2) is 21.5 Å². The minimum absolute atomic E-state index is 0.816. The standard InChI is InChI=1S/C14H16N4/c1-2-12-11-5-8-16-9-13(11)18-14(17-12)10-3-6-15-7-4-10/h3-4,6-7,16H,2,5,8-9H2,1H3. The lowest BCUT2D eigenvalue weighted by atomic mass is 10.0. The van der Waals surface area contributed by atoms with Gasteiger partial charge in [0.25, 0.3) is 0 Å². The van der Waals surface area contributed by atoms with Crippen molar-refractivity contribution in [3.8, 4) is 11.4 Å². The van der Waals surface area contributed by atoms with E-state index in [9.17, 15) is 0 Å². The fourth-order valence-corrected chi connectivity index (χ4v) is 2.36. The highest BCUT2D eigenvalue weighted by Crippen LogP contribution is 2.21. The second-order valence-electron chi connectivity index (χ2n) is 4.44. The molecule has 4 nitrogen and oxygen atoms in total. The topological polar surface area (TPSA) is 50.7 Å². The number of rotatable bonds is 2. The Kier molecular flexibility index (Phi) is 3.02. The molecule has 2 aromatic heterocycles. The van der Waals surface area contributed by atoms with E-state index in [1.165, 1.54) is 11.3 Å². The third kappa shape index (κ3) is 1.99. The molecule has 3 heterocycles. The first-order chi connectivity index (χ1) is 8.88. The van der Waals surface area contributed by atoms with Gasteiger partial charge in [0, 0.05) is 30.2 Å². The smallest absolute Gasteiger partial charge is 0.159 e. The van der Waals surface area contributed by atoms with Crippen LogP contribution in [0.3, 0.4) is 0 Å². The quantitative estimate of drug-likeness (QED) is 0.868. The van der Waals surface area contributed by atoms with Crippen LogP contribution >= 0.6 is 0 Å². The number of nitrogens with zero attached hydrogens (tertiary/aromatic N) is 3. The first-order valence-electron chi connectivity index (χ1n) is 6.38. The van der Waals surface area contributed by atoms with Crippen LogP contribution in [-0.2, 0) is 19.4 Å². The summed E-state index contributed by atoms with van der Waals surface area (Å²) in [5.74, 6) is 0.816. The first-order valence-corrected chi connectivity index (χ1v) is 6.38. The van der Waals surface area contributed by atoms with Crippen LogP contribution in [0.25, 0.3) is 11.4 Å². The van der Waals surface area contributed by atoms with E-state index in [2.05, 4.69) is 17.2 Å². The molecule has 18 heavy (non-hydrogen) atoms. The number of pyridine rings is 1. The van der Waals surface area contributed by atoms with Crippen molar-refractivity contribution in [2.24, 2.45) is 0 Å². The van der Waals surface area contributed by atoms with Gasteiger partial charge in [0.15, 0.2) is 5.82 Å². The molecule has 0 aromatic carbocycles. The molecule has 0 radical (unpaired) electrons. The van der Waals surface area contributed by atoms with Crippen molar-refractivity contribution in [2.75, 3.05) is 6.54 Å². The Morgan fingerprint density at radius 3 is 2.83 bits per heavy atom. The Morgan fingerprint density at radius 1 is 1.22 bits per heavy atom. The molecule has 1 N–H and O–H groups in total. The van der Waals surface area contributed by atoms with E-state index in [-0.39, 0.29) is 0 Å². The van der Waals surface area contributed by atoms with E-state index in [1.807, 2.05) is 12.1 Å². The summed E-state index contributed by atoms with van der Waals surface area (Å²) in [6, 6.07) is 3.91. The van der Waals surface area contributed by atoms with Crippen LogP contribution in [0.5, 0.6) is 0 Å². The summed E-state index contributed by atoms with van der Waals surface area (Å²) < 4.78 is 0. The van der Waals surface area contributed by atoms with Crippen molar-refractivity contribution in [2.45, 2.75) is 26.3 Å². The molecular weight excluding hydrogens is 224 g/mol. The first kappa shape index (κ1) is 11.3. The van der Waals surface area contributed by atoms with Crippen LogP contribution in [0.1, 0.15) is 23.9 Å². The predicted molar refractivity (Wildman–Crippen MR) is 70.1 cm³/mol. The molecule has 0 saturated heterocycles. The van der Waals surface area contributed by atoms with Crippen molar-refractivity contribution < 1.29 is 0 Å². The second-order valence-corrected chi connectivity index (χ2v) is 4.44. The zero-order valence-corrected chi connectivity index (χ0v) is 10.5. The lowest BCUT2D eigenvalue weighted by Crippen LogP contribution is -2.26. The minimum Gasteiger partial charge on any atom is -0.311 e. The summed E-state index contributed by atoms with van der Waals surface area (Å²) >= 11 is 0. The second kappa shape index (κ2) is 4.82. The Morgan fingerprint density at radius 2 is 2.06 bits per heavy atom. The maximum atomic E-state index is 4.71. The van der Waals surface area contributed by atoms with Gasteiger partial charge in [-0.15, -0.1) is 0 Å². The maximum Gasteiger partial charge on any atom is 0.159 e. The van der Waals surface area contributed by atoms with Crippen molar-refractivity contribution in [1.82, 2.24) is 20.3 Å². The molecule has 0 bridgehead atoms. The van der Waals surface area contributed by atoms with Gasteiger partial charge >= 0.3 is 0 Å². The number of hydrogen-bond acceptors (Lipinski definition) is 4. The SMILES string of the molecule is CCc1nc(-c2ccncc2)nc2c1CCNC2. The van der Waals surface area contributed by atoms with Crippen LogP contribution in [0.15, 0.2) is 24.5 Å². The zero-order valence-electron chi connectivity index (χ0n) is 10.5. The number of aryl methyl sites for hydroxylation is 1. The largest absolute Gasteiger partial charge is 0.311 e. The van der Waals surface area contributed by atoms with Gasteiger partial charge in [-0.1, -0.05) is 6.92 Å². The molecule has 0 amide bonds. The lowest BCUT2D eigenvalue weighted by Gasteiger charge is -2.19. The molecule has 0 aliphatic carbocycles. The maximum absolute atomic E-state index is 4.71. The Labute approximate surface area is 107 Å². The fraction of sp³-hybridized carbons (Fsp3) is 0.357. The monoisotopic (exact) mass is 240 g/mol. The van der Waals surface area contributed by atoms with Crippen molar-refractivity contribution in [3.63, 3.8) is 0 Å². The average Bonchev–Trinajstić information content (AvgIpc) is 2.47. The van der Waals surface area contributed by atoms with Gasteiger partial charge in [-0.2, -0.15) is 0 Å². The molecule has 0 spiro atoms. The van der Waals surface area contributed by atoms with Gasteiger partial charge in [-0.3, -0.25) is 4.98 Å². The summed E-state index contributed by atoms with van der Waals surface area (Å²) in [5, 5.41) is 3.37. The van der Waals surface area contributed by atoms with Gasteiger partial charge in [0.1, 0.15) is 0 Å². The van der Waals surface area contributed by atoms with Gasteiger partial charge in [0.2, 0.25) is 0 Å². The van der Waals surface area contributed by atoms with E-state index < -0.39 is 0 Å². The average molecular weight is 240 g/mol. The molecule has 92 valence electrons. The molecule has 1 aliphatic rings. The number of aromatic nitrogens is 3. The van der Waals surface area contributed by atoms with Crippen LogP contribution in [0.4, 0.5) is 0 Å². The highest BCUT2D eigenvalue weighted by Gasteiger charge is 2.16. The van der Waals surface area contributed by atoms with Gasteiger partial charge in [0.05, 0.1) is 5.69 Å². The Balaban J connectivity index is 2.12. The lowest BCUT2D eigenvalue weighted by molar-refractivity contribution is 0.617. The fourth-order valence-electron chi connectivity index (χ4n) is 2.36. The number of nitrogens with one attached hydrogen (secondary N) is 1. The molecular formula is C14H16N4. The van der Waals surface area contributed by atoms with Crippen LogP contribution in [0.2, 0.25) is 0 Å². The Hall–Kier alpha value is -1.81. The molecule has 2 aromatic rings. The van der Waals surface area contributed by atoms with Gasteiger partial charge in [-0.05, 0) is 37.1 Å². The Bertz CT molecular complexity index is 534. The molecule has 4 heteroatoms. The van der Waals surface area contributed by atoms with Gasteiger partial charge in [-0.25, -0.2) is 9.97 Å². The van der Waals surface area contributed by atoms with Crippen molar-refractivity contribution >= 4 is 0 Å². The molecule has 1 aliphatic heterocycles. The summed E-state index contributed by atoms with van der Waals surface area (Å²) in [6.07, 6.45) is 5.56. The summed E-state index contributed by atoms with van der Waals surface area (Å²) in [4.78, 5) is 13.4. The van der Waals surface area contributed by atoms with E-state index >= 15 is 0 Å². The van der Waals surface area contributed by atoms with Crippen LogP contribution in [0, 0.1) is 0 Å². The van der Waals surface area contributed by atoms with E-state index in [1.54, 1.807) is 12.4 Å². The zero-order chi connectivity index (χ0) is 12.4. The number of hydrogen-bond donors (Lipinski definition) is 1. The molecule has 3 rings (SSSR count). The van der Waals surface area contributed by atoms with Crippen molar-refractivity contribution in [3.05, 3.63) is 41.5 Å². The van der Waals surface area contributed by atoms with Crippen molar-refractivity contribution in [1.29, 1.82) is 0 Å².